The van der Waals surface area contributed by atoms with Gasteiger partial charge in [-0.05, 0) is 36.4 Å². The Bertz CT molecular complexity index is 1310. The molecule has 4 heterocycles. The second kappa shape index (κ2) is 9.22. The molecule has 1 saturated heterocycles. The SMILES string of the molecule is O=C(c1ccccc1)n1cc(N2CCOCC2)c(-c2cccn(Cc3ccccn3)c2=O)n1. The van der Waals surface area contributed by atoms with Gasteiger partial charge >= 0.3 is 0 Å². The van der Waals surface area contributed by atoms with E-state index >= 15 is 0 Å². The van der Waals surface area contributed by atoms with Gasteiger partial charge in [-0.15, -0.1) is 0 Å². The number of benzene rings is 1. The maximum absolute atomic E-state index is 13.4. The average molecular weight is 441 g/mol. The Morgan fingerprint density at radius 2 is 1.76 bits per heavy atom. The Hall–Kier alpha value is -4.04. The summed E-state index contributed by atoms with van der Waals surface area (Å²) in [5.74, 6) is -0.249. The third-order valence-electron chi connectivity index (χ3n) is 5.61. The van der Waals surface area contributed by atoms with E-state index < -0.39 is 0 Å². The largest absolute Gasteiger partial charge is 0.378 e. The summed E-state index contributed by atoms with van der Waals surface area (Å²) in [6.45, 7) is 2.83. The molecule has 3 aromatic heterocycles. The molecule has 1 fully saturated rings. The van der Waals surface area contributed by atoms with Crippen LogP contribution in [0, 0.1) is 0 Å². The molecule has 0 amide bonds. The summed E-state index contributed by atoms with van der Waals surface area (Å²) in [6, 6.07) is 18.2. The number of pyridine rings is 2. The maximum Gasteiger partial charge on any atom is 0.278 e. The molecule has 166 valence electrons. The van der Waals surface area contributed by atoms with Crippen LogP contribution in [0.2, 0.25) is 0 Å². The first kappa shape index (κ1) is 20.8. The molecular formula is C25H23N5O3. The second-order valence-corrected chi connectivity index (χ2v) is 7.75. The normalized spacial score (nSPS) is 13.8. The number of carbonyl (C=O) groups excluding carboxylic acids is 1. The van der Waals surface area contributed by atoms with Crippen LogP contribution in [0.25, 0.3) is 11.3 Å². The average Bonchev–Trinajstić information content (AvgIpc) is 3.32. The molecule has 0 bridgehead atoms. The number of ether oxygens (including phenoxy) is 1. The molecule has 5 rings (SSSR count). The van der Waals surface area contributed by atoms with Gasteiger partial charge in [-0.1, -0.05) is 24.3 Å². The fourth-order valence-corrected chi connectivity index (χ4v) is 3.92. The minimum absolute atomic E-state index is 0.185. The third-order valence-corrected chi connectivity index (χ3v) is 5.61. The minimum atomic E-state index is -0.249. The first-order chi connectivity index (χ1) is 16.2. The lowest BCUT2D eigenvalue weighted by atomic mass is 10.1. The van der Waals surface area contributed by atoms with Crippen molar-refractivity contribution >= 4 is 11.6 Å². The molecule has 0 N–H and O–H groups in total. The first-order valence-electron chi connectivity index (χ1n) is 10.8. The topological polar surface area (TPSA) is 82.2 Å². The summed E-state index contributed by atoms with van der Waals surface area (Å²) in [4.78, 5) is 32.9. The molecule has 0 saturated carbocycles. The van der Waals surface area contributed by atoms with Crippen LogP contribution in [-0.4, -0.2) is 51.5 Å². The third kappa shape index (κ3) is 4.33. The van der Waals surface area contributed by atoms with E-state index in [0.29, 0.717) is 49.7 Å². The Balaban J connectivity index is 1.58. The maximum atomic E-state index is 13.4. The van der Waals surface area contributed by atoms with Gasteiger partial charge in [-0.2, -0.15) is 5.10 Å². The van der Waals surface area contributed by atoms with Crippen LogP contribution in [0.4, 0.5) is 5.69 Å². The number of nitrogens with zero attached hydrogens (tertiary/aromatic N) is 5. The Kier molecular flexibility index (Phi) is 5.82. The van der Waals surface area contributed by atoms with Crippen molar-refractivity contribution in [1.82, 2.24) is 19.3 Å². The Morgan fingerprint density at radius 1 is 0.970 bits per heavy atom. The van der Waals surface area contributed by atoms with Crippen LogP contribution in [0.5, 0.6) is 0 Å². The summed E-state index contributed by atoms with van der Waals surface area (Å²) in [6.07, 6.45) is 5.16. The summed E-state index contributed by atoms with van der Waals surface area (Å²) in [5.41, 5.74) is 2.80. The molecule has 4 aromatic rings. The zero-order valence-electron chi connectivity index (χ0n) is 18.0. The first-order valence-corrected chi connectivity index (χ1v) is 10.8. The molecule has 33 heavy (non-hydrogen) atoms. The van der Waals surface area contributed by atoms with E-state index in [0.717, 1.165) is 11.4 Å². The van der Waals surface area contributed by atoms with E-state index in [1.807, 2.05) is 42.5 Å². The van der Waals surface area contributed by atoms with Crippen LogP contribution >= 0.6 is 0 Å². The van der Waals surface area contributed by atoms with Gasteiger partial charge in [0.25, 0.3) is 11.5 Å². The lowest BCUT2D eigenvalue weighted by Gasteiger charge is -2.28. The highest BCUT2D eigenvalue weighted by Gasteiger charge is 2.24. The van der Waals surface area contributed by atoms with E-state index in [4.69, 9.17) is 4.74 Å². The Morgan fingerprint density at radius 3 is 2.52 bits per heavy atom. The molecule has 1 aromatic carbocycles. The van der Waals surface area contributed by atoms with Crippen molar-refractivity contribution in [3.05, 3.63) is 101 Å². The van der Waals surface area contributed by atoms with Crippen molar-refractivity contribution in [3.63, 3.8) is 0 Å². The number of hydrogen-bond donors (Lipinski definition) is 0. The predicted molar refractivity (Wildman–Crippen MR) is 124 cm³/mol. The van der Waals surface area contributed by atoms with Crippen LogP contribution in [-0.2, 0) is 11.3 Å². The van der Waals surface area contributed by atoms with E-state index in [2.05, 4.69) is 15.0 Å². The standard InChI is InChI=1S/C25H23N5O3/c31-24(19-7-2-1-3-8-19)30-18-22(28-13-15-33-16-14-28)23(27-30)21-10-6-12-29(25(21)32)17-20-9-4-5-11-26-20/h1-12,18H,13-17H2. The molecule has 8 heteroatoms. The smallest absolute Gasteiger partial charge is 0.278 e. The lowest BCUT2D eigenvalue weighted by Crippen LogP contribution is -2.36. The monoisotopic (exact) mass is 441 g/mol. The molecular weight excluding hydrogens is 418 g/mol. The van der Waals surface area contributed by atoms with Gasteiger partial charge in [0.05, 0.1) is 42.9 Å². The van der Waals surface area contributed by atoms with Gasteiger partial charge in [0.15, 0.2) is 0 Å². The van der Waals surface area contributed by atoms with Crippen molar-refractivity contribution < 1.29 is 9.53 Å². The Labute approximate surface area is 190 Å². The fraction of sp³-hybridized carbons (Fsp3) is 0.200. The van der Waals surface area contributed by atoms with Crippen LogP contribution < -0.4 is 10.5 Å². The molecule has 1 aliphatic heterocycles. The van der Waals surface area contributed by atoms with Crippen LogP contribution in [0.1, 0.15) is 16.1 Å². The summed E-state index contributed by atoms with van der Waals surface area (Å²) in [7, 11) is 0. The van der Waals surface area contributed by atoms with Crippen molar-refractivity contribution in [2.24, 2.45) is 0 Å². The van der Waals surface area contributed by atoms with Gasteiger partial charge in [-0.25, -0.2) is 4.68 Å². The lowest BCUT2D eigenvalue weighted by molar-refractivity contribution is 0.0945. The van der Waals surface area contributed by atoms with Crippen molar-refractivity contribution in [2.45, 2.75) is 6.54 Å². The van der Waals surface area contributed by atoms with Crippen molar-refractivity contribution in [2.75, 3.05) is 31.2 Å². The van der Waals surface area contributed by atoms with Gasteiger partial charge in [0, 0.05) is 31.0 Å². The zero-order chi connectivity index (χ0) is 22.6. The van der Waals surface area contributed by atoms with Gasteiger partial charge in [0.2, 0.25) is 0 Å². The van der Waals surface area contributed by atoms with Crippen LogP contribution in [0.3, 0.4) is 0 Å². The molecule has 0 aliphatic carbocycles. The van der Waals surface area contributed by atoms with E-state index in [9.17, 15) is 9.59 Å². The molecule has 1 aliphatic rings. The minimum Gasteiger partial charge on any atom is -0.378 e. The highest BCUT2D eigenvalue weighted by Crippen LogP contribution is 2.29. The molecule has 8 nitrogen and oxygen atoms in total. The number of rotatable bonds is 5. The number of anilines is 1. The van der Waals surface area contributed by atoms with Gasteiger partial charge in [-0.3, -0.25) is 14.6 Å². The zero-order valence-corrected chi connectivity index (χ0v) is 18.0. The van der Waals surface area contributed by atoms with Crippen molar-refractivity contribution in [1.29, 1.82) is 0 Å². The van der Waals surface area contributed by atoms with Gasteiger partial charge < -0.3 is 14.2 Å². The van der Waals surface area contributed by atoms with Gasteiger partial charge in [0.1, 0.15) is 5.69 Å². The number of morpholine rings is 1. The molecule has 0 spiro atoms. The van der Waals surface area contributed by atoms with E-state index in [-0.39, 0.29) is 11.5 Å². The molecule has 0 unspecified atom stereocenters. The highest BCUT2D eigenvalue weighted by molar-refractivity contribution is 5.96. The summed E-state index contributed by atoms with van der Waals surface area (Å²) >= 11 is 0. The highest BCUT2D eigenvalue weighted by atomic mass is 16.5. The number of carbonyl (C=O) groups is 1. The van der Waals surface area contributed by atoms with E-state index in [1.165, 1.54) is 4.68 Å². The van der Waals surface area contributed by atoms with E-state index in [1.54, 1.807) is 41.4 Å². The summed E-state index contributed by atoms with van der Waals surface area (Å²) in [5, 5.41) is 4.60. The van der Waals surface area contributed by atoms with Crippen molar-refractivity contribution in [3.8, 4) is 11.3 Å². The second-order valence-electron chi connectivity index (χ2n) is 7.75. The quantitative estimate of drug-likeness (QED) is 0.474. The number of hydrogen-bond acceptors (Lipinski definition) is 6. The predicted octanol–water partition coefficient (Wildman–Crippen LogP) is 2.68. The molecule has 0 radical (unpaired) electrons. The fourth-order valence-electron chi connectivity index (χ4n) is 3.92. The summed E-state index contributed by atoms with van der Waals surface area (Å²) < 4.78 is 8.43. The van der Waals surface area contributed by atoms with Crippen LogP contribution in [0.15, 0.2) is 84.0 Å². The number of aromatic nitrogens is 4. The molecule has 0 atom stereocenters.